The van der Waals surface area contributed by atoms with Crippen molar-refractivity contribution in [3.05, 3.63) is 29.8 Å². The van der Waals surface area contributed by atoms with E-state index in [0.717, 1.165) is 12.1 Å². The standard InChI is InChI=1S/C14H21NO2/c1-3-4-5-6-7-12-8-10-13(11-9-12)15-14(16)17-2/h8-11H,3-7H2,1-2H3,(H,15,16). The van der Waals surface area contributed by atoms with Crippen LogP contribution in [0.25, 0.3) is 0 Å². The van der Waals surface area contributed by atoms with E-state index in [1.165, 1.54) is 38.4 Å². The number of carbonyl (C=O) groups excluding carboxylic acids is 1. The lowest BCUT2D eigenvalue weighted by molar-refractivity contribution is 0.187. The van der Waals surface area contributed by atoms with Crippen molar-refractivity contribution in [1.82, 2.24) is 0 Å². The molecule has 3 heteroatoms. The van der Waals surface area contributed by atoms with E-state index in [1.54, 1.807) is 0 Å². The maximum atomic E-state index is 11.0. The Balaban J connectivity index is 2.36. The van der Waals surface area contributed by atoms with Crippen molar-refractivity contribution in [2.75, 3.05) is 12.4 Å². The molecule has 0 fully saturated rings. The minimum Gasteiger partial charge on any atom is -0.453 e. The molecule has 0 heterocycles. The molecule has 0 spiro atoms. The summed E-state index contributed by atoms with van der Waals surface area (Å²) in [5, 5.41) is 2.63. The highest BCUT2D eigenvalue weighted by Gasteiger charge is 2.00. The lowest BCUT2D eigenvalue weighted by atomic mass is 10.1. The van der Waals surface area contributed by atoms with Gasteiger partial charge in [0.1, 0.15) is 0 Å². The third-order valence-electron chi connectivity index (χ3n) is 2.70. The summed E-state index contributed by atoms with van der Waals surface area (Å²) in [6.07, 6.45) is 5.78. The van der Waals surface area contributed by atoms with Crippen LogP contribution in [0.2, 0.25) is 0 Å². The normalized spacial score (nSPS) is 10.0. The quantitative estimate of drug-likeness (QED) is 0.757. The highest BCUT2D eigenvalue weighted by molar-refractivity contribution is 5.84. The Morgan fingerprint density at radius 3 is 2.47 bits per heavy atom. The van der Waals surface area contributed by atoms with E-state index in [2.05, 4.69) is 29.1 Å². The van der Waals surface area contributed by atoms with Gasteiger partial charge in [-0.1, -0.05) is 38.3 Å². The average Bonchev–Trinajstić information content (AvgIpc) is 2.36. The molecule has 0 aromatic heterocycles. The van der Waals surface area contributed by atoms with Gasteiger partial charge < -0.3 is 4.74 Å². The van der Waals surface area contributed by atoms with Crippen LogP contribution in [0.15, 0.2) is 24.3 Å². The topological polar surface area (TPSA) is 38.3 Å². The van der Waals surface area contributed by atoms with Gasteiger partial charge in [0, 0.05) is 5.69 Å². The molecule has 1 aromatic rings. The zero-order valence-electron chi connectivity index (χ0n) is 10.7. The van der Waals surface area contributed by atoms with Gasteiger partial charge in [-0.2, -0.15) is 0 Å². The number of rotatable bonds is 6. The fraction of sp³-hybridized carbons (Fsp3) is 0.500. The van der Waals surface area contributed by atoms with Gasteiger partial charge in [0.15, 0.2) is 0 Å². The molecule has 1 rings (SSSR count). The monoisotopic (exact) mass is 235 g/mol. The summed E-state index contributed by atoms with van der Waals surface area (Å²) in [6.45, 7) is 2.22. The highest BCUT2D eigenvalue weighted by atomic mass is 16.5. The SMILES string of the molecule is CCCCCCc1ccc(NC(=O)OC)cc1. The summed E-state index contributed by atoms with van der Waals surface area (Å²) in [5.74, 6) is 0. The van der Waals surface area contributed by atoms with E-state index in [-0.39, 0.29) is 0 Å². The zero-order valence-corrected chi connectivity index (χ0v) is 10.7. The summed E-state index contributed by atoms with van der Waals surface area (Å²) in [7, 11) is 1.36. The van der Waals surface area contributed by atoms with Crippen molar-refractivity contribution in [2.24, 2.45) is 0 Å². The van der Waals surface area contributed by atoms with Crippen LogP contribution in [-0.4, -0.2) is 13.2 Å². The number of carbonyl (C=O) groups is 1. The summed E-state index contributed by atoms with van der Waals surface area (Å²) in [5.41, 5.74) is 2.09. The number of methoxy groups -OCH3 is 1. The predicted octanol–water partition coefficient (Wildman–Crippen LogP) is 3.99. The predicted molar refractivity (Wildman–Crippen MR) is 70.3 cm³/mol. The van der Waals surface area contributed by atoms with Gasteiger partial charge in [-0.25, -0.2) is 4.79 Å². The molecule has 1 amide bonds. The summed E-state index contributed by atoms with van der Waals surface area (Å²) < 4.78 is 4.53. The number of benzene rings is 1. The Labute approximate surface area is 103 Å². The van der Waals surface area contributed by atoms with E-state index in [1.807, 2.05) is 12.1 Å². The number of amides is 1. The van der Waals surface area contributed by atoms with Gasteiger partial charge in [-0.15, -0.1) is 0 Å². The molecule has 17 heavy (non-hydrogen) atoms. The second-order valence-electron chi connectivity index (χ2n) is 4.12. The molecule has 0 aliphatic carbocycles. The van der Waals surface area contributed by atoms with Gasteiger partial charge >= 0.3 is 6.09 Å². The number of anilines is 1. The summed E-state index contributed by atoms with van der Waals surface area (Å²) in [6, 6.07) is 7.92. The van der Waals surface area contributed by atoms with Crippen LogP contribution in [0, 0.1) is 0 Å². The largest absolute Gasteiger partial charge is 0.453 e. The van der Waals surface area contributed by atoms with Crippen molar-refractivity contribution >= 4 is 11.8 Å². The molecular weight excluding hydrogens is 214 g/mol. The second-order valence-corrected chi connectivity index (χ2v) is 4.12. The Morgan fingerprint density at radius 2 is 1.88 bits per heavy atom. The average molecular weight is 235 g/mol. The van der Waals surface area contributed by atoms with Crippen molar-refractivity contribution < 1.29 is 9.53 Å². The minimum absolute atomic E-state index is 0.430. The Kier molecular flexibility index (Phi) is 6.15. The maximum absolute atomic E-state index is 11.0. The molecule has 0 bridgehead atoms. The molecule has 1 N–H and O–H groups in total. The van der Waals surface area contributed by atoms with Crippen LogP contribution in [0.1, 0.15) is 38.2 Å². The molecule has 0 aliphatic rings. The molecule has 0 radical (unpaired) electrons. The smallest absolute Gasteiger partial charge is 0.411 e. The molecule has 3 nitrogen and oxygen atoms in total. The summed E-state index contributed by atoms with van der Waals surface area (Å²) >= 11 is 0. The van der Waals surface area contributed by atoms with Crippen LogP contribution >= 0.6 is 0 Å². The first-order valence-corrected chi connectivity index (χ1v) is 6.20. The van der Waals surface area contributed by atoms with Gasteiger partial charge in [0.25, 0.3) is 0 Å². The van der Waals surface area contributed by atoms with Crippen LogP contribution in [0.4, 0.5) is 10.5 Å². The van der Waals surface area contributed by atoms with Crippen LogP contribution in [0.3, 0.4) is 0 Å². The van der Waals surface area contributed by atoms with Gasteiger partial charge in [-0.05, 0) is 30.5 Å². The van der Waals surface area contributed by atoms with Crippen LogP contribution < -0.4 is 5.32 Å². The first-order chi connectivity index (χ1) is 8.26. The van der Waals surface area contributed by atoms with Gasteiger partial charge in [0.2, 0.25) is 0 Å². The number of nitrogens with one attached hydrogen (secondary N) is 1. The number of aryl methyl sites for hydroxylation is 1. The van der Waals surface area contributed by atoms with Crippen molar-refractivity contribution in [2.45, 2.75) is 39.0 Å². The Hall–Kier alpha value is -1.51. The van der Waals surface area contributed by atoms with Crippen LogP contribution in [0.5, 0.6) is 0 Å². The minimum atomic E-state index is -0.430. The fourth-order valence-corrected chi connectivity index (χ4v) is 1.68. The first kappa shape index (κ1) is 13.6. The molecule has 0 unspecified atom stereocenters. The van der Waals surface area contributed by atoms with E-state index < -0.39 is 6.09 Å². The zero-order chi connectivity index (χ0) is 12.5. The Bertz CT molecular complexity index is 333. The van der Waals surface area contributed by atoms with E-state index in [9.17, 15) is 4.79 Å². The Morgan fingerprint density at radius 1 is 1.18 bits per heavy atom. The molecule has 0 atom stereocenters. The fourth-order valence-electron chi connectivity index (χ4n) is 1.68. The first-order valence-electron chi connectivity index (χ1n) is 6.20. The number of ether oxygens (including phenoxy) is 1. The molecule has 0 aliphatic heterocycles. The third kappa shape index (κ3) is 5.38. The van der Waals surface area contributed by atoms with Gasteiger partial charge in [0.05, 0.1) is 7.11 Å². The molecule has 94 valence electrons. The third-order valence-corrected chi connectivity index (χ3v) is 2.70. The lowest BCUT2D eigenvalue weighted by Crippen LogP contribution is -2.10. The van der Waals surface area contributed by atoms with E-state index >= 15 is 0 Å². The van der Waals surface area contributed by atoms with E-state index in [4.69, 9.17) is 0 Å². The van der Waals surface area contributed by atoms with Crippen LogP contribution in [-0.2, 0) is 11.2 Å². The maximum Gasteiger partial charge on any atom is 0.411 e. The molecular formula is C14H21NO2. The van der Waals surface area contributed by atoms with Crippen molar-refractivity contribution in [3.63, 3.8) is 0 Å². The number of hydrogen-bond acceptors (Lipinski definition) is 2. The van der Waals surface area contributed by atoms with Crippen molar-refractivity contribution in [1.29, 1.82) is 0 Å². The van der Waals surface area contributed by atoms with Crippen molar-refractivity contribution in [3.8, 4) is 0 Å². The molecule has 0 saturated carbocycles. The number of hydrogen-bond donors (Lipinski definition) is 1. The molecule has 0 saturated heterocycles. The second kappa shape index (κ2) is 7.71. The molecule has 1 aromatic carbocycles. The number of unbranched alkanes of at least 4 members (excludes halogenated alkanes) is 3. The highest BCUT2D eigenvalue weighted by Crippen LogP contribution is 2.12. The van der Waals surface area contributed by atoms with Gasteiger partial charge in [-0.3, -0.25) is 5.32 Å². The lowest BCUT2D eigenvalue weighted by Gasteiger charge is -2.05. The summed E-state index contributed by atoms with van der Waals surface area (Å²) in [4.78, 5) is 11.0. The van der Waals surface area contributed by atoms with E-state index in [0.29, 0.717) is 0 Å².